The van der Waals surface area contributed by atoms with Gasteiger partial charge in [0.2, 0.25) is 17.6 Å². The number of hydrogen-bond donors (Lipinski definition) is 1. The molecular formula is C23H19ClF2N2O4. The molecule has 1 fully saturated rings. The van der Waals surface area contributed by atoms with Gasteiger partial charge in [-0.3, -0.25) is 24.5 Å². The van der Waals surface area contributed by atoms with Gasteiger partial charge in [0.15, 0.2) is 0 Å². The number of ketones is 1. The molecule has 0 bridgehead atoms. The minimum Gasteiger partial charge on any atom is -0.322 e. The molecule has 166 valence electrons. The summed E-state index contributed by atoms with van der Waals surface area (Å²) in [5, 5.41) is 1.95. The van der Waals surface area contributed by atoms with E-state index in [4.69, 9.17) is 18.5 Å². The molecule has 0 radical (unpaired) electrons. The molecule has 1 unspecified atom stereocenters. The molecule has 1 saturated heterocycles. The topological polar surface area (TPSA) is 83.6 Å². The van der Waals surface area contributed by atoms with Crippen LogP contribution < -0.4 is 5.32 Å². The fourth-order valence-electron chi connectivity index (χ4n) is 3.44. The Morgan fingerprint density at radius 1 is 1.25 bits per heavy atom. The number of alkyl halides is 2. The number of aryl methyl sites for hydroxylation is 1. The van der Waals surface area contributed by atoms with Gasteiger partial charge in [0, 0.05) is 41.0 Å². The predicted molar refractivity (Wildman–Crippen MR) is 111 cm³/mol. The first kappa shape index (κ1) is 16.5. The molecule has 1 N–H and O–H groups in total. The van der Waals surface area contributed by atoms with Gasteiger partial charge in [-0.05, 0) is 42.1 Å². The van der Waals surface area contributed by atoms with Crippen molar-refractivity contribution < 1.29 is 34.8 Å². The van der Waals surface area contributed by atoms with Gasteiger partial charge in [-0.15, -0.1) is 0 Å². The van der Waals surface area contributed by atoms with Gasteiger partial charge in [-0.1, -0.05) is 35.9 Å². The molecule has 1 atom stereocenters. The lowest BCUT2D eigenvalue weighted by atomic mass is 9.97. The number of piperidine rings is 1. The lowest BCUT2D eigenvalue weighted by Gasteiger charge is -2.29. The number of hydrogen-bond acceptors (Lipinski definition) is 4. The maximum atomic E-state index is 14.7. The number of nitrogens with zero attached hydrogens (tertiary/aromatic N) is 1. The van der Waals surface area contributed by atoms with Crippen molar-refractivity contribution in [2.24, 2.45) is 0 Å². The number of benzene rings is 2. The highest BCUT2D eigenvalue weighted by Crippen LogP contribution is 2.32. The third kappa shape index (κ3) is 4.14. The summed E-state index contributed by atoms with van der Waals surface area (Å²) in [6.07, 6.45) is -7.26. The quantitative estimate of drug-likeness (QED) is 0.663. The zero-order valence-electron chi connectivity index (χ0n) is 21.4. The number of imide groups is 1. The van der Waals surface area contributed by atoms with E-state index in [0.717, 1.165) is 23.1 Å². The largest absolute Gasteiger partial charge is 0.330 e. The standard InChI is InChI=1S/C23H19ClF2N2O4/c24-16-5-3-15(4-6-16)23(25,26)19(29)9-2-13-1-7-17-14(11-13)12-28(22(17)32)18-8-10-20(30)27-21(18)31/h1,3-7,11,18H,2,8-10,12H2,(H,27,30,31)/i2D2,10D2,18D. The van der Waals surface area contributed by atoms with Gasteiger partial charge in [-0.25, -0.2) is 0 Å². The summed E-state index contributed by atoms with van der Waals surface area (Å²) in [5.74, 6) is -8.87. The molecule has 3 amide bonds. The maximum Gasteiger partial charge on any atom is 0.330 e. The Labute approximate surface area is 194 Å². The first-order valence-corrected chi connectivity index (χ1v) is 9.85. The van der Waals surface area contributed by atoms with Gasteiger partial charge in [-0.2, -0.15) is 8.78 Å². The Balaban J connectivity index is 1.58. The van der Waals surface area contributed by atoms with Crippen LogP contribution in [0.1, 0.15) is 53.1 Å². The number of amides is 3. The smallest absolute Gasteiger partial charge is 0.322 e. The van der Waals surface area contributed by atoms with E-state index in [-0.39, 0.29) is 21.7 Å². The number of Topliss-reactive ketones (excluding diaryl/α,β-unsaturated/α-hetero) is 1. The summed E-state index contributed by atoms with van der Waals surface area (Å²) >= 11 is 5.70. The molecule has 2 aliphatic rings. The third-order valence-corrected chi connectivity index (χ3v) is 5.40. The Bertz CT molecular complexity index is 1340. The van der Waals surface area contributed by atoms with Crippen LogP contribution in [0.15, 0.2) is 42.5 Å². The van der Waals surface area contributed by atoms with E-state index in [1.807, 2.05) is 0 Å². The molecule has 0 saturated carbocycles. The highest BCUT2D eigenvalue weighted by molar-refractivity contribution is 6.30. The van der Waals surface area contributed by atoms with Crippen LogP contribution in [0.4, 0.5) is 8.78 Å². The number of nitrogens with one attached hydrogen (secondary N) is 1. The molecule has 32 heavy (non-hydrogen) atoms. The SMILES string of the molecule is [2H]C1([2H])CC([2H])(N2Cc3cc(C([2H])([2H])CC(=O)C(F)(F)c4ccc(Cl)cc4)ccc3C2=O)C(=O)NC1=O. The normalized spacial score (nSPS) is 25.2. The van der Waals surface area contributed by atoms with E-state index < -0.39 is 73.1 Å². The highest BCUT2D eigenvalue weighted by Gasteiger charge is 2.41. The van der Waals surface area contributed by atoms with Gasteiger partial charge < -0.3 is 4.90 Å². The molecule has 2 heterocycles. The number of carbonyl (C=O) groups excluding carboxylic acids is 4. The lowest BCUT2D eigenvalue weighted by Crippen LogP contribution is -2.52. The van der Waals surface area contributed by atoms with E-state index >= 15 is 0 Å². The Kier molecular flexibility index (Phi) is 4.34. The summed E-state index contributed by atoms with van der Waals surface area (Å²) in [7, 11) is 0. The van der Waals surface area contributed by atoms with Crippen LogP contribution in [0, 0.1) is 0 Å². The molecular weight excluding hydrogens is 442 g/mol. The average molecular weight is 466 g/mol. The van der Waals surface area contributed by atoms with Crippen molar-refractivity contribution in [2.75, 3.05) is 0 Å². The number of halogens is 3. The summed E-state index contributed by atoms with van der Waals surface area (Å²) in [6, 6.07) is 5.38. The number of fused-ring (bicyclic) bond motifs is 1. The summed E-state index contributed by atoms with van der Waals surface area (Å²) in [4.78, 5) is 50.3. The second-order valence-corrected chi connectivity index (χ2v) is 7.64. The van der Waals surface area contributed by atoms with E-state index in [0.29, 0.717) is 0 Å². The third-order valence-electron chi connectivity index (χ3n) is 5.15. The Morgan fingerprint density at radius 3 is 2.69 bits per heavy atom. The predicted octanol–water partition coefficient (Wildman–Crippen LogP) is 3.39. The van der Waals surface area contributed by atoms with E-state index in [9.17, 15) is 28.0 Å². The number of carbonyl (C=O) groups is 4. The molecule has 2 aliphatic heterocycles. The monoisotopic (exact) mass is 465 g/mol. The molecule has 0 aromatic heterocycles. The fraction of sp³-hybridized carbons (Fsp3) is 0.304. The van der Waals surface area contributed by atoms with Crippen LogP contribution in [0.25, 0.3) is 0 Å². The fourth-order valence-corrected chi connectivity index (χ4v) is 3.57. The minimum atomic E-state index is -3.98. The highest BCUT2D eigenvalue weighted by atomic mass is 35.5. The van der Waals surface area contributed by atoms with Gasteiger partial charge in [0.25, 0.3) is 5.91 Å². The zero-order valence-corrected chi connectivity index (χ0v) is 17.1. The van der Waals surface area contributed by atoms with Crippen molar-refractivity contribution in [1.82, 2.24) is 10.2 Å². The maximum absolute atomic E-state index is 14.7. The summed E-state index contributed by atoms with van der Waals surface area (Å²) < 4.78 is 70.0. The molecule has 9 heteroatoms. The minimum absolute atomic E-state index is 0.00532. The molecule has 4 rings (SSSR count). The van der Waals surface area contributed by atoms with Crippen molar-refractivity contribution in [3.8, 4) is 0 Å². The van der Waals surface area contributed by atoms with Gasteiger partial charge in [0.05, 0.1) is 1.37 Å². The van der Waals surface area contributed by atoms with E-state index in [1.54, 1.807) is 5.32 Å². The van der Waals surface area contributed by atoms with Crippen LogP contribution in [-0.2, 0) is 33.2 Å². The molecule has 0 spiro atoms. The van der Waals surface area contributed by atoms with Gasteiger partial charge >= 0.3 is 5.92 Å². The second-order valence-electron chi connectivity index (χ2n) is 7.20. The summed E-state index contributed by atoms with van der Waals surface area (Å²) in [6.45, 7) is -0.395. The van der Waals surface area contributed by atoms with Crippen LogP contribution in [0.3, 0.4) is 0 Å². The van der Waals surface area contributed by atoms with E-state index in [2.05, 4.69) is 0 Å². The molecule has 2 aromatic rings. The van der Waals surface area contributed by atoms with E-state index in [1.165, 1.54) is 24.3 Å². The van der Waals surface area contributed by atoms with Crippen molar-refractivity contribution >= 4 is 35.1 Å². The van der Waals surface area contributed by atoms with Crippen LogP contribution >= 0.6 is 11.6 Å². The number of rotatable bonds is 6. The van der Waals surface area contributed by atoms with Crippen molar-refractivity contribution in [3.63, 3.8) is 0 Å². The van der Waals surface area contributed by atoms with Crippen molar-refractivity contribution in [2.45, 2.75) is 44.1 Å². The van der Waals surface area contributed by atoms with Gasteiger partial charge in [0.1, 0.15) is 6.02 Å². The van der Waals surface area contributed by atoms with Crippen molar-refractivity contribution in [3.05, 3.63) is 69.7 Å². The lowest BCUT2D eigenvalue weighted by molar-refractivity contribution is -0.144. The second kappa shape index (κ2) is 8.43. The van der Waals surface area contributed by atoms with Crippen LogP contribution in [-0.4, -0.2) is 34.4 Å². The summed E-state index contributed by atoms with van der Waals surface area (Å²) in [5.41, 5.74) is -0.675. The first-order chi connectivity index (χ1) is 17.0. The average Bonchev–Trinajstić information content (AvgIpc) is 3.14. The first-order valence-electron chi connectivity index (χ1n) is 12.0. The molecule has 0 aliphatic carbocycles. The molecule has 6 nitrogen and oxygen atoms in total. The zero-order chi connectivity index (χ0) is 27.6. The Morgan fingerprint density at radius 2 is 1.97 bits per heavy atom. The Hall–Kier alpha value is -3.13. The molecule has 2 aromatic carbocycles. The van der Waals surface area contributed by atoms with Crippen LogP contribution in [0.2, 0.25) is 5.02 Å². The van der Waals surface area contributed by atoms with Crippen molar-refractivity contribution in [1.29, 1.82) is 0 Å². The van der Waals surface area contributed by atoms with Crippen LogP contribution in [0.5, 0.6) is 0 Å².